The van der Waals surface area contributed by atoms with Gasteiger partial charge in [-0.05, 0) is 27.2 Å². The first-order valence-electron chi connectivity index (χ1n) is 6.99. The molecule has 17 heavy (non-hydrogen) atoms. The average molecular weight is 242 g/mol. The molecule has 0 aromatic carbocycles. The van der Waals surface area contributed by atoms with Crippen LogP contribution in [-0.2, 0) is 4.74 Å². The zero-order chi connectivity index (χ0) is 13.1. The normalized spacial score (nSPS) is 27.4. The van der Waals surface area contributed by atoms with Gasteiger partial charge in [0.1, 0.15) is 0 Å². The predicted molar refractivity (Wildman–Crippen MR) is 73.4 cm³/mol. The molecule has 2 unspecified atom stereocenters. The van der Waals surface area contributed by atoms with Crippen LogP contribution >= 0.6 is 0 Å². The molecule has 0 bridgehead atoms. The minimum Gasteiger partial charge on any atom is -0.370 e. The summed E-state index contributed by atoms with van der Waals surface area (Å²) in [7, 11) is 0. The highest BCUT2D eigenvalue weighted by molar-refractivity contribution is 4.87. The largest absolute Gasteiger partial charge is 0.370 e. The molecule has 1 heterocycles. The maximum Gasteiger partial charge on any atom is 0.0757 e. The van der Waals surface area contributed by atoms with E-state index in [4.69, 9.17) is 4.74 Å². The lowest BCUT2D eigenvalue weighted by Gasteiger charge is -2.45. The van der Waals surface area contributed by atoms with Crippen LogP contribution in [0.15, 0.2) is 0 Å². The summed E-state index contributed by atoms with van der Waals surface area (Å²) >= 11 is 0. The van der Waals surface area contributed by atoms with E-state index in [0.29, 0.717) is 18.2 Å². The number of hydrogen-bond donors (Lipinski definition) is 1. The van der Waals surface area contributed by atoms with Gasteiger partial charge in [0.05, 0.1) is 11.7 Å². The maximum atomic E-state index is 5.96. The van der Waals surface area contributed by atoms with Crippen LogP contribution in [-0.4, -0.2) is 48.3 Å². The Morgan fingerprint density at radius 3 is 2.53 bits per heavy atom. The molecule has 0 radical (unpaired) electrons. The molecule has 0 aliphatic carbocycles. The van der Waals surface area contributed by atoms with E-state index in [1.165, 1.54) is 6.42 Å². The van der Waals surface area contributed by atoms with E-state index in [2.05, 4.69) is 51.8 Å². The fraction of sp³-hybridized carbons (Fsp3) is 1.00. The van der Waals surface area contributed by atoms with Crippen molar-refractivity contribution in [3.63, 3.8) is 0 Å². The van der Waals surface area contributed by atoms with E-state index < -0.39 is 0 Å². The van der Waals surface area contributed by atoms with Crippen molar-refractivity contribution in [3.05, 3.63) is 0 Å². The van der Waals surface area contributed by atoms with Crippen molar-refractivity contribution in [2.24, 2.45) is 0 Å². The number of hydrogen-bond acceptors (Lipinski definition) is 3. The minimum atomic E-state index is -0.0110. The molecule has 1 aliphatic rings. The summed E-state index contributed by atoms with van der Waals surface area (Å²) in [5.41, 5.74) is -0.0110. The van der Waals surface area contributed by atoms with Crippen molar-refractivity contribution in [2.45, 2.75) is 71.8 Å². The van der Waals surface area contributed by atoms with Crippen molar-refractivity contribution in [2.75, 3.05) is 19.6 Å². The topological polar surface area (TPSA) is 24.5 Å². The van der Waals surface area contributed by atoms with Gasteiger partial charge in [-0.2, -0.15) is 0 Å². The highest BCUT2D eigenvalue weighted by Crippen LogP contribution is 2.23. The summed E-state index contributed by atoms with van der Waals surface area (Å²) in [6.07, 6.45) is 1.54. The summed E-state index contributed by atoms with van der Waals surface area (Å²) in [5, 5.41) is 3.55. The van der Waals surface area contributed by atoms with Crippen LogP contribution in [0.1, 0.15) is 48.0 Å². The van der Waals surface area contributed by atoms with Crippen LogP contribution < -0.4 is 5.32 Å². The number of nitrogens with zero attached hydrogens (tertiary/aromatic N) is 1. The van der Waals surface area contributed by atoms with Gasteiger partial charge in [0, 0.05) is 31.7 Å². The molecule has 2 atom stereocenters. The fourth-order valence-corrected chi connectivity index (χ4v) is 2.68. The van der Waals surface area contributed by atoms with Crippen LogP contribution in [0.2, 0.25) is 0 Å². The number of rotatable bonds is 5. The number of nitrogens with one attached hydrogen (secondary N) is 1. The van der Waals surface area contributed by atoms with Gasteiger partial charge in [0.2, 0.25) is 0 Å². The highest BCUT2D eigenvalue weighted by atomic mass is 16.5. The Morgan fingerprint density at radius 1 is 1.41 bits per heavy atom. The third-order valence-corrected chi connectivity index (χ3v) is 3.35. The Kier molecular flexibility index (Phi) is 5.42. The second kappa shape index (κ2) is 6.17. The Bertz CT molecular complexity index is 228. The maximum absolute atomic E-state index is 5.96. The highest BCUT2D eigenvalue weighted by Gasteiger charge is 2.33. The molecule has 0 aromatic heterocycles. The lowest BCUT2D eigenvalue weighted by Crippen LogP contribution is -2.57. The molecule has 3 nitrogen and oxygen atoms in total. The Labute approximate surface area is 107 Å². The molecule has 0 spiro atoms. The van der Waals surface area contributed by atoms with Gasteiger partial charge in [-0.3, -0.25) is 4.90 Å². The first-order valence-corrected chi connectivity index (χ1v) is 6.99. The summed E-state index contributed by atoms with van der Waals surface area (Å²) < 4.78 is 5.96. The Hall–Kier alpha value is -0.120. The smallest absolute Gasteiger partial charge is 0.0757 e. The van der Waals surface area contributed by atoms with Gasteiger partial charge in [-0.15, -0.1) is 0 Å². The Balaban J connectivity index is 2.55. The molecule has 1 aliphatic heterocycles. The van der Waals surface area contributed by atoms with E-state index in [-0.39, 0.29) is 5.60 Å². The lowest BCUT2D eigenvalue weighted by atomic mass is 10.0. The Morgan fingerprint density at radius 2 is 2.06 bits per heavy atom. The second-order valence-corrected chi connectivity index (χ2v) is 6.24. The first kappa shape index (κ1) is 14.9. The molecule has 1 saturated heterocycles. The SMILES string of the molecule is CCC(CNC(C)C)N1CC(C)OC(C)(C)C1. The van der Waals surface area contributed by atoms with Crippen molar-refractivity contribution < 1.29 is 4.74 Å². The standard InChI is InChI=1S/C14H30N2O/c1-7-13(8-15-11(2)3)16-9-12(4)17-14(5,6)10-16/h11-13,15H,7-10H2,1-6H3. The first-order chi connectivity index (χ1) is 7.84. The molecular weight excluding hydrogens is 212 g/mol. The molecule has 102 valence electrons. The molecule has 1 N–H and O–H groups in total. The predicted octanol–water partition coefficient (Wildman–Crippen LogP) is 2.26. The zero-order valence-corrected chi connectivity index (χ0v) is 12.4. The third-order valence-electron chi connectivity index (χ3n) is 3.35. The molecule has 0 amide bonds. The second-order valence-electron chi connectivity index (χ2n) is 6.24. The number of morpholine rings is 1. The van der Waals surface area contributed by atoms with Gasteiger partial charge >= 0.3 is 0 Å². The minimum absolute atomic E-state index is 0.0110. The average Bonchev–Trinajstić information content (AvgIpc) is 2.14. The van der Waals surface area contributed by atoms with Crippen molar-refractivity contribution in [1.82, 2.24) is 10.2 Å². The molecule has 1 rings (SSSR count). The van der Waals surface area contributed by atoms with Gasteiger partial charge < -0.3 is 10.1 Å². The monoisotopic (exact) mass is 242 g/mol. The van der Waals surface area contributed by atoms with E-state index in [1.54, 1.807) is 0 Å². The van der Waals surface area contributed by atoms with E-state index in [9.17, 15) is 0 Å². The van der Waals surface area contributed by atoms with Crippen molar-refractivity contribution in [3.8, 4) is 0 Å². The fourth-order valence-electron chi connectivity index (χ4n) is 2.68. The summed E-state index contributed by atoms with van der Waals surface area (Å²) in [6.45, 7) is 16.4. The summed E-state index contributed by atoms with van der Waals surface area (Å²) in [5.74, 6) is 0. The van der Waals surface area contributed by atoms with Crippen molar-refractivity contribution in [1.29, 1.82) is 0 Å². The van der Waals surface area contributed by atoms with E-state index >= 15 is 0 Å². The molecule has 3 heteroatoms. The van der Waals surface area contributed by atoms with Gasteiger partial charge in [0.15, 0.2) is 0 Å². The van der Waals surface area contributed by atoms with Crippen molar-refractivity contribution >= 4 is 0 Å². The van der Waals surface area contributed by atoms with Gasteiger partial charge in [0.25, 0.3) is 0 Å². The van der Waals surface area contributed by atoms with Gasteiger partial charge in [-0.1, -0.05) is 20.8 Å². The summed E-state index contributed by atoms with van der Waals surface area (Å²) in [4.78, 5) is 2.59. The lowest BCUT2D eigenvalue weighted by molar-refractivity contribution is -0.137. The van der Waals surface area contributed by atoms with E-state index in [0.717, 1.165) is 19.6 Å². The molecule has 1 fully saturated rings. The van der Waals surface area contributed by atoms with Crippen LogP contribution in [0.25, 0.3) is 0 Å². The molecule has 0 saturated carbocycles. The van der Waals surface area contributed by atoms with E-state index in [1.807, 2.05) is 0 Å². The van der Waals surface area contributed by atoms with Crippen LogP contribution in [0.3, 0.4) is 0 Å². The zero-order valence-electron chi connectivity index (χ0n) is 12.4. The summed E-state index contributed by atoms with van der Waals surface area (Å²) in [6, 6.07) is 1.19. The quantitative estimate of drug-likeness (QED) is 0.800. The molecule has 0 aromatic rings. The van der Waals surface area contributed by atoms with Crippen LogP contribution in [0.4, 0.5) is 0 Å². The van der Waals surface area contributed by atoms with Crippen LogP contribution in [0.5, 0.6) is 0 Å². The number of ether oxygens (including phenoxy) is 1. The van der Waals surface area contributed by atoms with Gasteiger partial charge in [-0.25, -0.2) is 0 Å². The third kappa shape index (κ3) is 4.94. The molecular formula is C14H30N2O. The van der Waals surface area contributed by atoms with Crippen LogP contribution in [0, 0.1) is 0 Å².